The smallest absolute Gasteiger partial charge is 0.255 e. The van der Waals surface area contributed by atoms with E-state index in [1.807, 2.05) is 36.4 Å². The van der Waals surface area contributed by atoms with Crippen molar-refractivity contribution in [2.45, 2.75) is 76.4 Å². The number of methoxy groups -OCH3 is 1. The van der Waals surface area contributed by atoms with E-state index in [1.54, 1.807) is 37.6 Å². The number of ether oxygens (including phenoxy) is 1. The number of benzene rings is 3. The Balaban J connectivity index is 0.857. The number of carbonyl (C=O) groups is 3. The molecule has 3 aromatic carbocycles. The second-order valence-corrected chi connectivity index (χ2v) is 19.2. The van der Waals surface area contributed by atoms with Crippen molar-refractivity contribution in [1.29, 1.82) is 0 Å². The van der Waals surface area contributed by atoms with Crippen molar-refractivity contribution in [3.63, 3.8) is 0 Å². The van der Waals surface area contributed by atoms with Gasteiger partial charge < -0.3 is 24.4 Å². The Kier molecular flexibility index (Phi) is 13.0. The molecule has 1 atom stereocenters. The minimum absolute atomic E-state index is 0.180. The second kappa shape index (κ2) is 18.3. The van der Waals surface area contributed by atoms with Crippen LogP contribution in [0.25, 0.3) is 0 Å². The molecule has 2 N–H and O–H groups in total. The van der Waals surface area contributed by atoms with Crippen LogP contribution in [0.15, 0.2) is 66.9 Å². The van der Waals surface area contributed by atoms with Crippen molar-refractivity contribution >= 4 is 47.5 Å². The molecule has 3 aliphatic heterocycles. The largest absolute Gasteiger partial charge is 0.496 e. The van der Waals surface area contributed by atoms with Crippen LogP contribution < -0.4 is 25.6 Å². The van der Waals surface area contributed by atoms with Crippen LogP contribution in [0.3, 0.4) is 0 Å². The molecule has 4 heterocycles. The van der Waals surface area contributed by atoms with Gasteiger partial charge >= 0.3 is 0 Å². The molecule has 0 spiro atoms. The molecule has 1 unspecified atom stereocenters. The number of hydrogen-bond acceptors (Lipinski definition) is 9. The van der Waals surface area contributed by atoms with Crippen molar-refractivity contribution in [2.75, 3.05) is 45.0 Å². The summed E-state index contributed by atoms with van der Waals surface area (Å²) in [5.41, 5.74) is 6.06. The van der Waals surface area contributed by atoms with Gasteiger partial charge in [-0.25, -0.2) is 9.97 Å². The Hall–Kier alpha value is -5.01. The maximum atomic E-state index is 13.1. The zero-order chi connectivity index (χ0) is 40.8. The Labute approximate surface area is 345 Å². The monoisotopic (exact) mass is 820 g/mol. The Morgan fingerprint density at radius 2 is 1.79 bits per heavy atom. The fraction of sp³-hybridized carbons (Fsp3) is 0.400. The number of hydrogen-bond donors (Lipinski definition) is 2. The van der Waals surface area contributed by atoms with Crippen LogP contribution in [0, 0.1) is 11.8 Å². The number of piperidine rings is 2. The fourth-order valence-electron chi connectivity index (χ4n) is 8.11. The Morgan fingerprint density at radius 1 is 0.983 bits per heavy atom. The highest BCUT2D eigenvalue weighted by molar-refractivity contribution is 7.70. The maximum absolute atomic E-state index is 13.1. The lowest BCUT2D eigenvalue weighted by molar-refractivity contribution is -0.136. The number of imide groups is 1. The van der Waals surface area contributed by atoms with Crippen LogP contribution in [0.2, 0.25) is 5.02 Å². The molecule has 2 fully saturated rings. The molecule has 1 aromatic heterocycles. The molecule has 11 nitrogen and oxygen atoms in total. The summed E-state index contributed by atoms with van der Waals surface area (Å²) in [5, 5.41) is 7.43. The number of rotatable bonds is 13. The first-order valence-electron chi connectivity index (χ1n) is 20.0. The van der Waals surface area contributed by atoms with E-state index in [2.05, 4.69) is 50.6 Å². The molecule has 2 saturated heterocycles. The summed E-state index contributed by atoms with van der Waals surface area (Å²) in [7, 11) is -0.776. The van der Waals surface area contributed by atoms with E-state index in [0.717, 1.165) is 90.7 Å². The predicted molar refractivity (Wildman–Crippen MR) is 228 cm³/mol. The number of halogens is 1. The van der Waals surface area contributed by atoms with Gasteiger partial charge in [0.2, 0.25) is 11.8 Å². The summed E-state index contributed by atoms with van der Waals surface area (Å²) in [5.74, 6) is 7.13. The Morgan fingerprint density at radius 3 is 2.57 bits per heavy atom. The van der Waals surface area contributed by atoms with Gasteiger partial charge in [0.15, 0.2) is 0 Å². The van der Waals surface area contributed by atoms with Crippen LogP contribution in [-0.2, 0) is 33.5 Å². The van der Waals surface area contributed by atoms with Gasteiger partial charge in [0.25, 0.3) is 5.91 Å². The molecule has 0 saturated carbocycles. The SMILES string of the molecule is COc1cc(N2CCC(NCCCCC#Cc3cccc4c3CN(C3CCC(=O)NC3=O)C4=O)CC2)ccc1Cc1ncc(Cl)c(Cc2ccccc2P(C)(C)=O)n1. The van der Waals surface area contributed by atoms with Crippen molar-refractivity contribution in [1.82, 2.24) is 25.5 Å². The molecule has 302 valence electrons. The third-order valence-corrected chi connectivity index (χ3v) is 13.2. The average Bonchev–Trinajstić information content (AvgIpc) is 3.55. The highest BCUT2D eigenvalue weighted by Gasteiger charge is 2.39. The van der Waals surface area contributed by atoms with E-state index in [9.17, 15) is 18.9 Å². The second-order valence-electron chi connectivity index (χ2n) is 15.6. The summed E-state index contributed by atoms with van der Waals surface area (Å²) < 4.78 is 18.8. The third-order valence-electron chi connectivity index (χ3n) is 11.2. The van der Waals surface area contributed by atoms with Crippen LogP contribution >= 0.6 is 18.7 Å². The average molecular weight is 821 g/mol. The number of amides is 3. The van der Waals surface area contributed by atoms with E-state index >= 15 is 0 Å². The molecule has 3 aliphatic rings. The highest BCUT2D eigenvalue weighted by atomic mass is 35.5. The molecule has 0 radical (unpaired) electrons. The summed E-state index contributed by atoms with van der Waals surface area (Å²) in [6.45, 7) is 6.72. The molecule has 13 heteroatoms. The molecule has 0 bridgehead atoms. The van der Waals surface area contributed by atoms with Crippen LogP contribution in [-0.4, -0.2) is 84.7 Å². The lowest BCUT2D eigenvalue weighted by atomic mass is 10.0. The first-order valence-corrected chi connectivity index (χ1v) is 23.0. The topological polar surface area (TPSA) is 134 Å². The summed E-state index contributed by atoms with van der Waals surface area (Å²) in [4.78, 5) is 50.5. The molecule has 4 aromatic rings. The first kappa shape index (κ1) is 41.2. The standard InChI is InChI=1S/C45H50ClN6O5P/c1-57-40-27-34(17-16-31(40)26-42-48-28-37(46)38(49-42)25-32-12-7-8-15-41(32)58(2,3)56)51-23-20-33(21-24-51)47-22-9-5-4-6-11-30-13-10-14-35-36(30)29-52(45(35)55)39-18-19-43(53)50-44(39)54/h7-8,10,12-17,27-28,33,39,47H,4-5,9,18-26,29H2,1-3H3,(H,50,53,54). The summed E-state index contributed by atoms with van der Waals surface area (Å²) in [6, 6.07) is 19.5. The molecular weight excluding hydrogens is 771 g/mol. The van der Waals surface area contributed by atoms with Gasteiger partial charge in [-0.1, -0.05) is 59.8 Å². The van der Waals surface area contributed by atoms with E-state index < -0.39 is 19.1 Å². The van der Waals surface area contributed by atoms with Gasteiger partial charge in [0, 0.05) is 91.3 Å². The van der Waals surface area contributed by atoms with Crippen molar-refractivity contribution < 1.29 is 23.7 Å². The third kappa shape index (κ3) is 9.64. The van der Waals surface area contributed by atoms with E-state index in [-0.39, 0.29) is 18.2 Å². The van der Waals surface area contributed by atoms with Gasteiger partial charge in [-0.2, -0.15) is 0 Å². The van der Waals surface area contributed by atoms with Gasteiger partial charge in [0.05, 0.1) is 17.8 Å². The number of fused-ring (bicyclic) bond motifs is 1. The predicted octanol–water partition coefficient (Wildman–Crippen LogP) is 6.11. The number of nitrogens with one attached hydrogen (secondary N) is 2. The number of unbranched alkanes of at least 4 members (excludes halogenated alkanes) is 2. The van der Waals surface area contributed by atoms with E-state index in [4.69, 9.17) is 21.3 Å². The lowest BCUT2D eigenvalue weighted by Gasteiger charge is -2.34. The van der Waals surface area contributed by atoms with Crippen molar-refractivity contribution in [3.05, 3.63) is 111 Å². The Bertz CT molecular complexity index is 2310. The molecule has 0 aliphatic carbocycles. The number of nitrogens with zero attached hydrogens (tertiary/aromatic N) is 4. The minimum atomic E-state index is -2.47. The molecule has 3 amide bonds. The summed E-state index contributed by atoms with van der Waals surface area (Å²) >= 11 is 6.55. The number of anilines is 1. The number of carbonyl (C=O) groups excluding carboxylic acids is 3. The zero-order valence-corrected chi connectivity index (χ0v) is 35.0. The molecular formula is C45H50ClN6O5P. The van der Waals surface area contributed by atoms with Crippen molar-refractivity contribution in [2.24, 2.45) is 0 Å². The van der Waals surface area contributed by atoms with Gasteiger partial charge in [-0.05, 0) is 81.3 Å². The van der Waals surface area contributed by atoms with Crippen LogP contribution in [0.4, 0.5) is 5.69 Å². The quantitative estimate of drug-likeness (QED) is 0.0710. The normalized spacial score (nSPS) is 17.2. The van der Waals surface area contributed by atoms with Crippen molar-refractivity contribution in [3.8, 4) is 17.6 Å². The van der Waals surface area contributed by atoms with Crippen LogP contribution in [0.5, 0.6) is 5.75 Å². The molecule has 7 rings (SSSR count). The van der Waals surface area contributed by atoms with Gasteiger partial charge in [-0.15, -0.1) is 0 Å². The summed E-state index contributed by atoms with van der Waals surface area (Å²) in [6.07, 6.45) is 8.04. The highest BCUT2D eigenvalue weighted by Crippen LogP contribution is 2.37. The molecule has 58 heavy (non-hydrogen) atoms. The fourth-order valence-corrected chi connectivity index (χ4v) is 9.56. The van der Waals surface area contributed by atoms with E-state index in [1.165, 1.54) is 0 Å². The lowest BCUT2D eigenvalue weighted by Crippen LogP contribution is -2.52. The maximum Gasteiger partial charge on any atom is 0.255 e. The van der Waals surface area contributed by atoms with E-state index in [0.29, 0.717) is 54.0 Å². The minimum Gasteiger partial charge on any atom is -0.496 e. The number of aromatic nitrogens is 2. The van der Waals surface area contributed by atoms with Crippen LogP contribution in [0.1, 0.15) is 89.1 Å². The van der Waals surface area contributed by atoms with Gasteiger partial charge in [0.1, 0.15) is 24.8 Å². The van der Waals surface area contributed by atoms with Gasteiger partial charge in [-0.3, -0.25) is 19.7 Å². The first-order chi connectivity index (χ1) is 28.0. The zero-order valence-electron chi connectivity index (χ0n) is 33.4.